The zero-order valence-corrected chi connectivity index (χ0v) is 14.9. The van der Waals surface area contributed by atoms with Crippen molar-refractivity contribution in [2.24, 2.45) is 5.10 Å². The summed E-state index contributed by atoms with van der Waals surface area (Å²) < 4.78 is 5.37. The van der Waals surface area contributed by atoms with Crippen LogP contribution < -0.4 is 10.2 Å². The van der Waals surface area contributed by atoms with E-state index in [4.69, 9.17) is 4.74 Å². The van der Waals surface area contributed by atoms with E-state index >= 15 is 0 Å². The number of non-ortho nitro benzene ring substituents is 1. The molecule has 0 saturated carbocycles. The number of aromatic hydroxyl groups is 1. The third-order valence-electron chi connectivity index (χ3n) is 3.59. The Bertz CT molecular complexity index is 972. The molecule has 2 aromatic carbocycles. The number of ether oxygens (including phenoxy) is 1. The number of carbonyl (C=O) groups excluding carboxylic acids is 1. The van der Waals surface area contributed by atoms with Crippen LogP contribution in [-0.2, 0) is 4.79 Å². The second kappa shape index (κ2) is 8.58. The predicted octanol–water partition coefficient (Wildman–Crippen LogP) is 2.35. The summed E-state index contributed by atoms with van der Waals surface area (Å²) in [6.07, 6.45) is 0.865. The molecule has 0 saturated heterocycles. The molecule has 146 valence electrons. The van der Waals surface area contributed by atoms with Crippen LogP contribution >= 0.6 is 0 Å². The molecule has 0 aliphatic heterocycles. The highest BCUT2D eigenvalue weighted by molar-refractivity contribution is 5.88. The predicted molar refractivity (Wildman–Crippen MR) is 98.6 cm³/mol. The number of amides is 1. The molecule has 2 rings (SSSR count). The van der Waals surface area contributed by atoms with Gasteiger partial charge in [0.2, 0.25) is 5.75 Å². The number of nitro benzene ring substituents is 2. The molecule has 0 unspecified atom stereocenters. The van der Waals surface area contributed by atoms with Gasteiger partial charge in [-0.3, -0.25) is 25.0 Å². The number of nitrogens with zero attached hydrogens (tertiary/aromatic N) is 3. The first kappa shape index (κ1) is 20.3. The van der Waals surface area contributed by atoms with Gasteiger partial charge in [0.1, 0.15) is 5.75 Å². The molecule has 0 fully saturated rings. The minimum Gasteiger partial charge on any atom is -0.502 e. The summed E-state index contributed by atoms with van der Waals surface area (Å²) in [6.45, 7) is 3.41. The van der Waals surface area contributed by atoms with Gasteiger partial charge in [-0.1, -0.05) is 17.7 Å². The van der Waals surface area contributed by atoms with Crippen molar-refractivity contribution in [2.45, 2.75) is 13.8 Å². The molecule has 11 nitrogen and oxygen atoms in total. The maximum Gasteiger partial charge on any atom is 0.318 e. The van der Waals surface area contributed by atoms with Crippen molar-refractivity contribution in [3.63, 3.8) is 0 Å². The highest BCUT2D eigenvalue weighted by Crippen LogP contribution is 2.33. The summed E-state index contributed by atoms with van der Waals surface area (Å²) in [5.41, 5.74) is 2.27. The van der Waals surface area contributed by atoms with Crippen molar-refractivity contribution in [1.82, 2.24) is 5.43 Å². The molecule has 0 radical (unpaired) electrons. The topological polar surface area (TPSA) is 157 Å². The SMILES string of the molecule is Cc1ccc(OCC(=O)NN=Cc2cc([N+](=O)[O-])cc([N+](=O)[O-])c2O)c(C)c1. The second-order valence-electron chi connectivity index (χ2n) is 5.77. The molecule has 28 heavy (non-hydrogen) atoms. The van der Waals surface area contributed by atoms with Crippen molar-refractivity contribution in [1.29, 1.82) is 0 Å². The molecule has 0 heterocycles. The Morgan fingerprint density at radius 3 is 2.54 bits per heavy atom. The van der Waals surface area contributed by atoms with Gasteiger partial charge in [-0.2, -0.15) is 5.10 Å². The Kier molecular flexibility index (Phi) is 6.22. The molecule has 0 aliphatic carbocycles. The van der Waals surface area contributed by atoms with E-state index in [1.165, 1.54) is 0 Å². The fraction of sp³-hybridized carbons (Fsp3) is 0.176. The molecule has 0 aromatic heterocycles. The van der Waals surface area contributed by atoms with Crippen LogP contribution in [0.4, 0.5) is 11.4 Å². The fourth-order valence-electron chi connectivity index (χ4n) is 2.28. The lowest BCUT2D eigenvalue weighted by atomic mass is 10.1. The summed E-state index contributed by atoms with van der Waals surface area (Å²) in [7, 11) is 0. The van der Waals surface area contributed by atoms with Crippen LogP contribution in [0.25, 0.3) is 0 Å². The van der Waals surface area contributed by atoms with Crippen molar-refractivity contribution in [2.75, 3.05) is 6.61 Å². The highest BCUT2D eigenvalue weighted by atomic mass is 16.6. The number of phenols is 1. The molecule has 0 atom stereocenters. The van der Waals surface area contributed by atoms with Crippen molar-refractivity contribution in [3.05, 3.63) is 67.3 Å². The van der Waals surface area contributed by atoms with E-state index in [0.717, 1.165) is 23.4 Å². The normalized spacial score (nSPS) is 10.6. The van der Waals surface area contributed by atoms with Gasteiger partial charge in [-0.25, -0.2) is 5.43 Å². The van der Waals surface area contributed by atoms with E-state index in [2.05, 4.69) is 10.5 Å². The number of benzene rings is 2. The first-order chi connectivity index (χ1) is 13.2. The smallest absolute Gasteiger partial charge is 0.318 e. The van der Waals surface area contributed by atoms with Gasteiger partial charge in [0.05, 0.1) is 27.7 Å². The van der Waals surface area contributed by atoms with Crippen LogP contribution in [0.15, 0.2) is 35.4 Å². The number of nitrogens with one attached hydrogen (secondary N) is 1. The van der Waals surface area contributed by atoms with E-state index in [-0.39, 0.29) is 12.2 Å². The van der Waals surface area contributed by atoms with Crippen LogP contribution in [0.1, 0.15) is 16.7 Å². The van der Waals surface area contributed by atoms with Crippen LogP contribution in [0, 0.1) is 34.1 Å². The average molecular weight is 388 g/mol. The number of hydrazone groups is 1. The molecule has 0 aliphatic rings. The number of phenolic OH excluding ortho intramolecular Hbond substituents is 1. The molecular weight excluding hydrogens is 372 g/mol. The Morgan fingerprint density at radius 1 is 1.21 bits per heavy atom. The molecule has 1 amide bonds. The Labute approximate surface area is 158 Å². The van der Waals surface area contributed by atoms with Crippen LogP contribution in [0.5, 0.6) is 11.5 Å². The standard InChI is InChI=1S/C17H16N4O7/c1-10-3-4-15(11(2)5-10)28-9-16(22)19-18-8-12-6-13(20(24)25)7-14(17(12)23)21(26)27/h3-8,23H,9H2,1-2H3,(H,19,22). The van der Waals surface area contributed by atoms with Gasteiger partial charge >= 0.3 is 5.69 Å². The highest BCUT2D eigenvalue weighted by Gasteiger charge is 2.23. The van der Waals surface area contributed by atoms with Gasteiger partial charge in [0.15, 0.2) is 6.61 Å². The lowest BCUT2D eigenvalue weighted by Crippen LogP contribution is -2.24. The number of rotatable bonds is 7. The average Bonchev–Trinajstić information content (AvgIpc) is 2.61. The van der Waals surface area contributed by atoms with Gasteiger partial charge in [-0.05, 0) is 25.5 Å². The third-order valence-corrected chi connectivity index (χ3v) is 3.59. The molecule has 2 N–H and O–H groups in total. The maximum atomic E-state index is 11.8. The molecule has 2 aromatic rings. The zero-order valence-electron chi connectivity index (χ0n) is 14.9. The van der Waals surface area contributed by atoms with Crippen molar-refractivity contribution >= 4 is 23.5 Å². The maximum absolute atomic E-state index is 11.8. The Balaban J connectivity index is 2.06. The lowest BCUT2D eigenvalue weighted by molar-refractivity contribution is -0.394. The fourth-order valence-corrected chi connectivity index (χ4v) is 2.28. The van der Waals surface area contributed by atoms with E-state index in [9.17, 15) is 30.1 Å². The molecule has 0 spiro atoms. The number of carbonyl (C=O) groups is 1. The minimum absolute atomic E-state index is 0.295. The quantitative estimate of drug-likeness (QED) is 0.418. The zero-order chi connectivity index (χ0) is 20.8. The van der Waals surface area contributed by atoms with E-state index in [0.29, 0.717) is 11.8 Å². The largest absolute Gasteiger partial charge is 0.502 e. The molecular formula is C17H16N4O7. The summed E-state index contributed by atoms with van der Waals surface area (Å²) in [4.78, 5) is 31.7. The summed E-state index contributed by atoms with van der Waals surface area (Å²) in [6, 6.07) is 6.97. The van der Waals surface area contributed by atoms with Gasteiger partial charge in [0, 0.05) is 6.07 Å². The molecule has 11 heteroatoms. The number of hydrogen-bond acceptors (Lipinski definition) is 8. The second-order valence-corrected chi connectivity index (χ2v) is 5.77. The van der Waals surface area contributed by atoms with Crippen molar-refractivity contribution < 1.29 is 24.5 Å². The lowest BCUT2D eigenvalue weighted by Gasteiger charge is -2.08. The Hall–Kier alpha value is -4.02. The third kappa shape index (κ3) is 5.00. The monoisotopic (exact) mass is 388 g/mol. The Morgan fingerprint density at radius 2 is 1.93 bits per heavy atom. The van der Waals surface area contributed by atoms with Gasteiger partial charge in [0.25, 0.3) is 11.6 Å². The van der Waals surface area contributed by atoms with Crippen LogP contribution in [0.3, 0.4) is 0 Å². The van der Waals surface area contributed by atoms with Crippen LogP contribution in [0.2, 0.25) is 0 Å². The van der Waals surface area contributed by atoms with E-state index in [1.54, 1.807) is 6.07 Å². The number of nitro groups is 2. The number of hydrogen-bond donors (Lipinski definition) is 2. The van der Waals surface area contributed by atoms with E-state index < -0.39 is 32.9 Å². The minimum atomic E-state index is -0.962. The first-order valence-corrected chi connectivity index (χ1v) is 7.86. The summed E-state index contributed by atoms with van der Waals surface area (Å²) >= 11 is 0. The first-order valence-electron chi connectivity index (χ1n) is 7.86. The van der Waals surface area contributed by atoms with Gasteiger partial charge in [-0.15, -0.1) is 0 Å². The van der Waals surface area contributed by atoms with E-state index in [1.807, 2.05) is 26.0 Å². The molecule has 0 bridgehead atoms. The number of aryl methyl sites for hydroxylation is 2. The summed E-state index contributed by atoms with van der Waals surface area (Å²) in [5, 5.41) is 35.1. The van der Waals surface area contributed by atoms with Gasteiger partial charge < -0.3 is 9.84 Å². The summed E-state index contributed by atoms with van der Waals surface area (Å²) in [5.74, 6) is -0.910. The van der Waals surface area contributed by atoms with Crippen LogP contribution in [-0.4, -0.2) is 33.7 Å². The van der Waals surface area contributed by atoms with Crippen molar-refractivity contribution in [3.8, 4) is 11.5 Å².